The van der Waals surface area contributed by atoms with Crippen molar-refractivity contribution in [2.75, 3.05) is 13.1 Å². The number of allylic oxidation sites excluding steroid dienone is 4. The van der Waals surface area contributed by atoms with E-state index in [0.29, 0.717) is 12.1 Å². The zero-order chi connectivity index (χ0) is 9.64. The van der Waals surface area contributed by atoms with Gasteiger partial charge in [0.2, 0.25) is 0 Å². The van der Waals surface area contributed by atoms with Crippen molar-refractivity contribution in [3.8, 4) is 0 Å². The molecule has 0 saturated carbocycles. The van der Waals surface area contributed by atoms with Gasteiger partial charge >= 0.3 is 0 Å². The summed E-state index contributed by atoms with van der Waals surface area (Å²) in [5.74, 6) is 0. The lowest BCUT2D eigenvalue weighted by Gasteiger charge is -2.11. The van der Waals surface area contributed by atoms with Crippen LogP contribution >= 0.6 is 0 Å². The van der Waals surface area contributed by atoms with Gasteiger partial charge in [-0.15, -0.1) is 0 Å². The van der Waals surface area contributed by atoms with Gasteiger partial charge in [-0.05, 0) is 0 Å². The van der Waals surface area contributed by atoms with Gasteiger partial charge in [-0.2, -0.15) is 0 Å². The van der Waals surface area contributed by atoms with E-state index in [-0.39, 0.29) is 0 Å². The monoisotopic (exact) mass is 188 g/mol. The van der Waals surface area contributed by atoms with Crippen LogP contribution < -0.4 is 10.6 Å². The Bertz CT molecular complexity index is 233. The van der Waals surface area contributed by atoms with E-state index in [1.54, 1.807) is 0 Å². The van der Waals surface area contributed by atoms with Crippen LogP contribution in [0, 0.1) is 0 Å². The predicted molar refractivity (Wildman–Crippen MR) is 60.1 cm³/mol. The van der Waals surface area contributed by atoms with E-state index in [4.69, 9.17) is 0 Å². The highest BCUT2D eigenvalue weighted by atomic mass is 15.0. The summed E-state index contributed by atoms with van der Waals surface area (Å²) in [6, 6.07) is 0.873. The Morgan fingerprint density at radius 2 is 1.00 bits per heavy atom. The summed E-state index contributed by atoms with van der Waals surface area (Å²) in [5, 5.41) is 6.84. The van der Waals surface area contributed by atoms with Crippen molar-refractivity contribution in [1.29, 1.82) is 0 Å². The maximum Gasteiger partial charge on any atom is 0.0442 e. The Morgan fingerprint density at radius 3 is 1.36 bits per heavy atom. The van der Waals surface area contributed by atoms with Crippen molar-refractivity contribution < 1.29 is 0 Å². The van der Waals surface area contributed by atoms with Gasteiger partial charge in [-0.25, -0.2) is 0 Å². The van der Waals surface area contributed by atoms with Gasteiger partial charge in [0.25, 0.3) is 0 Å². The zero-order valence-electron chi connectivity index (χ0n) is 8.19. The van der Waals surface area contributed by atoms with E-state index in [0.717, 1.165) is 13.1 Å². The summed E-state index contributed by atoms with van der Waals surface area (Å²) in [6.45, 7) is 2.00. The normalized spacial score (nSPS) is 20.3. The largest absolute Gasteiger partial charge is 0.306 e. The molecule has 0 bridgehead atoms. The molecule has 0 aromatic rings. The first-order valence-electron chi connectivity index (χ1n) is 5.12. The average Bonchev–Trinajstić information content (AvgIpc) is 2.86. The summed E-state index contributed by atoms with van der Waals surface area (Å²) < 4.78 is 0. The Balaban J connectivity index is 1.55. The number of nitrogens with one attached hydrogen (secondary N) is 2. The fourth-order valence-electron chi connectivity index (χ4n) is 1.61. The summed E-state index contributed by atoms with van der Waals surface area (Å²) in [4.78, 5) is 0. The Morgan fingerprint density at radius 1 is 0.643 bits per heavy atom. The number of hydrogen-bond acceptors (Lipinski definition) is 2. The molecular weight excluding hydrogens is 172 g/mol. The van der Waals surface area contributed by atoms with E-state index < -0.39 is 0 Å². The molecule has 0 aliphatic heterocycles. The van der Waals surface area contributed by atoms with Crippen LogP contribution in [0.1, 0.15) is 0 Å². The maximum absolute atomic E-state index is 3.42. The Labute approximate surface area is 85.1 Å². The van der Waals surface area contributed by atoms with Crippen molar-refractivity contribution in [3.05, 3.63) is 48.6 Å². The van der Waals surface area contributed by atoms with E-state index in [1.165, 1.54) is 0 Å². The molecule has 2 aliphatic carbocycles. The van der Waals surface area contributed by atoms with Crippen molar-refractivity contribution in [2.24, 2.45) is 0 Å². The van der Waals surface area contributed by atoms with Crippen LogP contribution in [-0.4, -0.2) is 25.2 Å². The summed E-state index contributed by atoms with van der Waals surface area (Å²) >= 11 is 0. The van der Waals surface area contributed by atoms with E-state index in [9.17, 15) is 0 Å². The summed E-state index contributed by atoms with van der Waals surface area (Å²) in [7, 11) is 0. The highest BCUT2D eigenvalue weighted by Gasteiger charge is 2.03. The number of rotatable bonds is 5. The Hall–Kier alpha value is -1.12. The summed E-state index contributed by atoms with van der Waals surface area (Å²) in [5.41, 5.74) is 0. The molecule has 2 heteroatoms. The highest BCUT2D eigenvalue weighted by Crippen LogP contribution is 1.99. The molecule has 0 aromatic heterocycles. The lowest BCUT2D eigenvalue weighted by molar-refractivity contribution is 0.600. The van der Waals surface area contributed by atoms with Crippen molar-refractivity contribution in [1.82, 2.24) is 10.6 Å². The molecule has 2 nitrogen and oxygen atoms in total. The van der Waals surface area contributed by atoms with Gasteiger partial charge < -0.3 is 10.6 Å². The predicted octanol–water partition coefficient (Wildman–Crippen LogP) is 1.15. The quantitative estimate of drug-likeness (QED) is 0.633. The molecule has 0 unspecified atom stereocenters. The van der Waals surface area contributed by atoms with E-state index in [2.05, 4.69) is 59.2 Å². The van der Waals surface area contributed by atoms with Gasteiger partial charge in [-0.1, -0.05) is 48.6 Å². The van der Waals surface area contributed by atoms with E-state index >= 15 is 0 Å². The van der Waals surface area contributed by atoms with Crippen LogP contribution in [0.4, 0.5) is 0 Å². The second-order valence-electron chi connectivity index (χ2n) is 3.50. The smallest absolute Gasteiger partial charge is 0.0442 e. The zero-order valence-corrected chi connectivity index (χ0v) is 8.19. The molecule has 0 heterocycles. The van der Waals surface area contributed by atoms with Crippen molar-refractivity contribution in [3.63, 3.8) is 0 Å². The van der Waals surface area contributed by atoms with Crippen molar-refractivity contribution in [2.45, 2.75) is 12.1 Å². The van der Waals surface area contributed by atoms with Gasteiger partial charge in [-0.3, -0.25) is 0 Å². The van der Waals surface area contributed by atoms with E-state index in [1.807, 2.05) is 0 Å². The SMILES string of the molecule is C1=CC(NCCNC2C=CC=C2)C=C1. The van der Waals surface area contributed by atoms with Gasteiger partial charge in [0, 0.05) is 25.2 Å². The standard InChI is InChI=1S/C12H16N2/c1-2-6-11(5-1)13-9-10-14-12-7-3-4-8-12/h1-8,11-14H,9-10H2. The molecule has 0 saturated heterocycles. The van der Waals surface area contributed by atoms with Gasteiger partial charge in [0.1, 0.15) is 0 Å². The molecule has 2 rings (SSSR count). The molecule has 2 aliphatic rings. The minimum atomic E-state index is 0.437. The second kappa shape index (κ2) is 4.94. The third-order valence-electron chi connectivity index (χ3n) is 2.38. The first kappa shape index (κ1) is 9.44. The third kappa shape index (κ3) is 2.69. The van der Waals surface area contributed by atoms with Crippen LogP contribution in [0.3, 0.4) is 0 Å². The molecule has 74 valence electrons. The fourth-order valence-corrected chi connectivity index (χ4v) is 1.61. The van der Waals surface area contributed by atoms with Crippen LogP contribution in [0.25, 0.3) is 0 Å². The first-order valence-corrected chi connectivity index (χ1v) is 5.12. The Kier molecular flexibility index (Phi) is 3.33. The number of hydrogen-bond donors (Lipinski definition) is 2. The molecule has 0 atom stereocenters. The minimum absolute atomic E-state index is 0.437. The first-order chi connectivity index (χ1) is 6.95. The molecule has 0 radical (unpaired) electrons. The topological polar surface area (TPSA) is 24.1 Å². The second-order valence-corrected chi connectivity index (χ2v) is 3.50. The average molecular weight is 188 g/mol. The van der Waals surface area contributed by atoms with Gasteiger partial charge in [0.15, 0.2) is 0 Å². The van der Waals surface area contributed by atoms with Crippen molar-refractivity contribution >= 4 is 0 Å². The van der Waals surface area contributed by atoms with Crippen LogP contribution in [-0.2, 0) is 0 Å². The molecule has 0 fully saturated rings. The van der Waals surface area contributed by atoms with Crippen LogP contribution in [0.5, 0.6) is 0 Å². The summed E-state index contributed by atoms with van der Waals surface area (Å²) in [6.07, 6.45) is 17.0. The minimum Gasteiger partial charge on any atom is -0.306 e. The lowest BCUT2D eigenvalue weighted by Crippen LogP contribution is -2.35. The highest BCUT2D eigenvalue weighted by molar-refractivity contribution is 5.22. The molecule has 0 aromatic carbocycles. The maximum atomic E-state index is 3.42. The van der Waals surface area contributed by atoms with Crippen LogP contribution in [0.15, 0.2) is 48.6 Å². The molecule has 2 N–H and O–H groups in total. The fraction of sp³-hybridized carbons (Fsp3) is 0.333. The third-order valence-corrected chi connectivity index (χ3v) is 2.38. The van der Waals surface area contributed by atoms with Crippen LogP contribution in [0.2, 0.25) is 0 Å². The molecule has 14 heavy (non-hydrogen) atoms. The molecule has 0 spiro atoms. The van der Waals surface area contributed by atoms with Gasteiger partial charge in [0.05, 0.1) is 0 Å². The molecule has 0 amide bonds. The lowest BCUT2D eigenvalue weighted by atomic mass is 10.3. The molecular formula is C12H16N2.